The van der Waals surface area contributed by atoms with Gasteiger partial charge in [0.2, 0.25) is 0 Å². The molecule has 1 aliphatic heterocycles. The average molecular weight is 371 g/mol. The number of carbonyl (C=O) groups is 2. The van der Waals surface area contributed by atoms with Crippen molar-refractivity contribution in [2.45, 2.75) is 12.5 Å². The molecule has 1 aliphatic rings. The molecule has 9 heteroatoms. The summed E-state index contributed by atoms with van der Waals surface area (Å²) in [6, 6.07) is 4.14. The molecule has 1 aromatic carbocycles. The highest BCUT2D eigenvalue weighted by Gasteiger charge is 2.32. The summed E-state index contributed by atoms with van der Waals surface area (Å²) in [5.41, 5.74) is 0.298. The molecule has 1 saturated heterocycles. The van der Waals surface area contributed by atoms with Gasteiger partial charge in [0.15, 0.2) is 27.9 Å². The van der Waals surface area contributed by atoms with Gasteiger partial charge in [-0.25, -0.2) is 13.2 Å². The molecule has 1 aromatic rings. The van der Waals surface area contributed by atoms with Crippen LogP contribution >= 0.6 is 0 Å². The maximum absolute atomic E-state index is 12.2. The summed E-state index contributed by atoms with van der Waals surface area (Å²) >= 11 is 0. The molecule has 25 heavy (non-hydrogen) atoms. The summed E-state index contributed by atoms with van der Waals surface area (Å²) < 4.78 is 38.3. The van der Waals surface area contributed by atoms with Gasteiger partial charge in [-0.15, -0.1) is 0 Å². The number of rotatable bonds is 6. The first-order valence-corrected chi connectivity index (χ1v) is 9.44. The van der Waals surface area contributed by atoms with E-state index in [1.165, 1.54) is 37.3 Å². The van der Waals surface area contributed by atoms with Gasteiger partial charge in [-0.1, -0.05) is 0 Å². The van der Waals surface area contributed by atoms with Crippen LogP contribution < -0.4 is 9.47 Å². The highest BCUT2D eigenvalue weighted by atomic mass is 32.2. The zero-order valence-electron chi connectivity index (χ0n) is 14.4. The molecule has 1 unspecified atom stereocenters. The highest BCUT2D eigenvalue weighted by Crippen LogP contribution is 2.28. The SMILES string of the molecule is COC(=O)c1ccc(OCC(=O)N(C)C2CCS(=O)(=O)C2)c(OC)c1. The number of likely N-dealkylation sites (N-methyl/N-ethyl adjacent to an activating group) is 1. The van der Waals surface area contributed by atoms with Crippen LogP contribution in [0.3, 0.4) is 0 Å². The normalized spacial score (nSPS) is 18.4. The van der Waals surface area contributed by atoms with Crippen LogP contribution in [0.25, 0.3) is 0 Å². The van der Waals surface area contributed by atoms with E-state index in [0.717, 1.165) is 0 Å². The minimum absolute atomic E-state index is 0.0214. The summed E-state index contributed by atoms with van der Waals surface area (Å²) in [5.74, 6) is -0.173. The van der Waals surface area contributed by atoms with E-state index < -0.39 is 15.8 Å². The summed E-state index contributed by atoms with van der Waals surface area (Å²) in [5, 5.41) is 0. The quantitative estimate of drug-likeness (QED) is 0.672. The van der Waals surface area contributed by atoms with Crippen molar-refractivity contribution in [3.05, 3.63) is 23.8 Å². The lowest BCUT2D eigenvalue weighted by atomic mass is 10.2. The summed E-state index contributed by atoms with van der Waals surface area (Å²) in [6.07, 6.45) is 0.432. The second-order valence-electron chi connectivity index (χ2n) is 5.71. The molecule has 0 saturated carbocycles. The number of hydrogen-bond acceptors (Lipinski definition) is 7. The highest BCUT2D eigenvalue weighted by molar-refractivity contribution is 7.91. The molecular formula is C16H21NO7S. The van der Waals surface area contributed by atoms with Crippen molar-refractivity contribution in [3.63, 3.8) is 0 Å². The number of sulfone groups is 1. The Hall–Kier alpha value is -2.29. The first kappa shape index (κ1) is 19.0. The molecule has 0 bridgehead atoms. The van der Waals surface area contributed by atoms with E-state index in [1.54, 1.807) is 7.05 Å². The second-order valence-corrected chi connectivity index (χ2v) is 7.94. The maximum atomic E-state index is 12.2. The summed E-state index contributed by atoms with van der Waals surface area (Å²) in [6.45, 7) is -0.263. The van der Waals surface area contributed by atoms with Crippen molar-refractivity contribution >= 4 is 21.7 Å². The van der Waals surface area contributed by atoms with E-state index in [-0.39, 0.29) is 30.1 Å². The molecular weight excluding hydrogens is 350 g/mol. The molecule has 1 heterocycles. The van der Waals surface area contributed by atoms with Crippen molar-refractivity contribution in [1.29, 1.82) is 0 Å². The van der Waals surface area contributed by atoms with Crippen LogP contribution in [0.1, 0.15) is 16.8 Å². The predicted octanol–water partition coefficient (Wildman–Crippen LogP) is 0.506. The fourth-order valence-corrected chi connectivity index (χ4v) is 4.33. The molecule has 0 N–H and O–H groups in total. The van der Waals surface area contributed by atoms with E-state index in [9.17, 15) is 18.0 Å². The molecule has 0 aliphatic carbocycles. The Balaban J connectivity index is 2.00. The lowest BCUT2D eigenvalue weighted by Crippen LogP contribution is -2.40. The number of hydrogen-bond donors (Lipinski definition) is 0. The van der Waals surface area contributed by atoms with Crippen LogP contribution in [-0.4, -0.2) is 70.6 Å². The number of benzene rings is 1. The van der Waals surface area contributed by atoms with E-state index >= 15 is 0 Å². The third kappa shape index (κ3) is 4.62. The molecule has 0 radical (unpaired) electrons. The van der Waals surface area contributed by atoms with Gasteiger partial charge in [0.25, 0.3) is 5.91 Å². The Morgan fingerprint density at radius 1 is 1.24 bits per heavy atom. The van der Waals surface area contributed by atoms with Gasteiger partial charge in [0.05, 0.1) is 31.3 Å². The molecule has 0 spiro atoms. The first-order valence-electron chi connectivity index (χ1n) is 7.62. The first-order chi connectivity index (χ1) is 11.8. The Bertz CT molecular complexity index is 760. The van der Waals surface area contributed by atoms with E-state index in [4.69, 9.17) is 9.47 Å². The van der Waals surface area contributed by atoms with Gasteiger partial charge in [0, 0.05) is 13.1 Å². The maximum Gasteiger partial charge on any atom is 0.337 e. The number of amides is 1. The van der Waals surface area contributed by atoms with Crippen molar-refractivity contribution < 1.29 is 32.2 Å². The smallest absolute Gasteiger partial charge is 0.337 e. The third-order valence-corrected chi connectivity index (χ3v) is 5.84. The lowest BCUT2D eigenvalue weighted by Gasteiger charge is -2.23. The van der Waals surface area contributed by atoms with Crippen molar-refractivity contribution in [2.24, 2.45) is 0 Å². The van der Waals surface area contributed by atoms with Gasteiger partial charge in [-0.3, -0.25) is 4.79 Å². The standard InChI is InChI=1S/C16H21NO7S/c1-17(12-6-7-25(20,21)10-12)15(18)9-24-13-5-4-11(16(19)23-3)8-14(13)22-2/h4-5,8,12H,6-7,9-10H2,1-3H3. The van der Waals surface area contributed by atoms with E-state index in [1.807, 2.05) is 0 Å². The lowest BCUT2D eigenvalue weighted by molar-refractivity contribution is -0.133. The van der Waals surface area contributed by atoms with Crippen LogP contribution in [0.2, 0.25) is 0 Å². The summed E-state index contributed by atoms with van der Waals surface area (Å²) in [4.78, 5) is 25.1. The Morgan fingerprint density at radius 3 is 2.52 bits per heavy atom. The van der Waals surface area contributed by atoms with Gasteiger partial charge in [0.1, 0.15) is 0 Å². The minimum Gasteiger partial charge on any atom is -0.493 e. The Kier molecular flexibility index (Phi) is 5.89. The Morgan fingerprint density at radius 2 is 1.96 bits per heavy atom. The Labute approximate surface area is 146 Å². The molecule has 1 atom stereocenters. The van der Waals surface area contributed by atoms with Gasteiger partial charge in [-0.2, -0.15) is 0 Å². The fourth-order valence-electron chi connectivity index (χ4n) is 2.56. The summed E-state index contributed by atoms with van der Waals surface area (Å²) in [7, 11) is 1.19. The molecule has 138 valence electrons. The molecule has 2 rings (SSSR count). The van der Waals surface area contributed by atoms with Gasteiger partial charge in [-0.05, 0) is 24.6 Å². The topological polar surface area (TPSA) is 99.2 Å². The van der Waals surface area contributed by atoms with Crippen LogP contribution in [0.5, 0.6) is 11.5 Å². The largest absolute Gasteiger partial charge is 0.493 e. The minimum atomic E-state index is -3.07. The number of methoxy groups -OCH3 is 2. The van der Waals surface area contributed by atoms with Crippen molar-refractivity contribution in [1.82, 2.24) is 4.90 Å². The molecule has 0 aromatic heterocycles. The number of nitrogens with zero attached hydrogens (tertiary/aromatic N) is 1. The average Bonchev–Trinajstić information content (AvgIpc) is 2.97. The van der Waals surface area contributed by atoms with Crippen LogP contribution in [0.15, 0.2) is 18.2 Å². The van der Waals surface area contributed by atoms with Crippen molar-refractivity contribution in [2.75, 3.05) is 39.4 Å². The molecule has 1 fully saturated rings. The van der Waals surface area contributed by atoms with Crippen molar-refractivity contribution in [3.8, 4) is 11.5 Å². The van der Waals surface area contributed by atoms with Gasteiger partial charge < -0.3 is 19.1 Å². The number of ether oxygens (including phenoxy) is 3. The molecule has 8 nitrogen and oxygen atoms in total. The fraction of sp³-hybridized carbons (Fsp3) is 0.500. The van der Waals surface area contributed by atoms with Gasteiger partial charge >= 0.3 is 5.97 Å². The van der Waals surface area contributed by atoms with Crippen LogP contribution in [-0.2, 0) is 19.4 Å². The monoisotopic (exact) mass is 371 g/mol. The number of esters is 1. The molecule has 1 amide bonds. The zero-order chi connectivity index (χ0) is 18.6. The zero-order valence-corrected chi connectivity index (χ0v) is 15.2. The number of carbonyl (C=O) groups excluding carboxylic acids is 2. The predicted molar refractivity (Wildman–Crippen MR) is 89.7 cm³/mol. The second kappa shape index (κ2) is 7.73. The third-order valence-electron chi connectivity index (χ3n) is 4.09. The van der Waals surface area contributed by atoms with Crippen LogP contribution in [0, 0.1) is 0 Å². The van der Waals surface area contributed by atoms with E-state index in [2.05, 4.69) is 4.74 Å². The van der Waals surface area contributed by atoms with Crippen LogP contribution in [0.4, 0.5) is 0 Å². The van der Waals surface area contributed by atoms with E-state index in [0.29, 0.717) is 23.5 Å².